The highest BCUT2D eigenvalue weighted by Crippen LogP contribution is 2.25. The molecule has 1 unspecified atom stereocenters. The van der Waals surface area contributed by atoms with Crippen LogP contribution >= 0.6 is 0 Å². The van der Waals surface area contributed by atoms with Crippen LogP contribution < -0.4 is 10.2 Å². The van der Waals surface area contributed by atoms with Gasteiger partial charge in [0.1, 0.15) is 0 Å². The third-order valence-electron chi connectivity index (χ3n) is 4.46. The van der Waals surface area contributed by atoms with Crippen molar-refractivity contribution in [2.45, 2.75) is 12.5 Å². The van der Waals surface area contributed by atoms with Gasteiger partial charge >= 0.3 is 5.69 Å². The van der Waals surface area contributed by atoms with Crippen LogP contribution in [-0.4, -0.2) is 43.3 Å². The lowest BCUT2D eigenvalue weighted by Gasteiger charge is -2.28. The topological polar surface area (TPSA) is 110 Å². The van der Waals surface area contributed by atoms with Gasteiger partial charge in [0.15, 0.2) is 9.84 Å². The van der Waals surface area contributed by atoms with E-state index in [0.29, 0.717) is 12.1 Å². The predicted molar refractivity (Wildman–Crippen MR) is 103 cm³/mol. The molecule has 0 saturated carbocycles. The summed E-state index contributed by atoms with van der Waals surface area (Å²) < 4.78 is 37.2. The molecule has 148 valence electrons. The summed E-state index contributed by atoms with van der Waals surface area (Å²) in [6, 6.07) is 11.5. The van der Waals surface area contributed by atoms with Gasteiger partial charge in [-0.2, -0.15) is 4.39 Å². The molecule has 1 N–H and O–H groups in total. The first-order valence-electron chi connectivity index (χ1n) is 8.52. The first-order chi connectivity index (χ1) is 13.3. The average Bonchev–Trinajstić information content (AvgIpc) is 3.01. The second-order valence-electron chi connectivity index (χ2n) is 6.43. The van der Waals surface area contributed by atoms with Crippen LogP contribution in [0.15, 0.2) is 48.5 Å². The summed E-state index contributed by atoms with van der Waals surface area (Å²) in [4.78, 5) is 24.3. The number of benzene rings is 2. The molecule has 1 atom stereocenters. The van der Waals surface area contributed by atoms with E-state index in [1.165, 1.54) is 11.0 Å². The smallest absolute Gasteiger partial charge is 0.306 e. The number of nitrogens with zero attached hydrogens (tertiary/aromatic N) is 2. The molecule has 1 fully saturated rings. The van der Waals surface area contributed by atoms with Crippen molar-refractivity contribution < 1.29 is 22.5 Å². The molecule has 0 bridgehead atoms. The first-order valence-corrected chi connectivity index (χ1v) is 10.3. The van der Waals surface area contributed by atoms with Crippen molar-refractivity contribution in [1.82, 2.24) is 0 Å². The fourth-order valence-electron chi connectivity index (χ4n) is 3.15. The molecular formula is C18H18FN3O5S. The standard InChI is InChI=1S/C18H18FN3O5S/c19-16-7-6-13(10-17(16)22(24)25)20-11-18(23)21(14-4-2-1-3-5-14)15-8-9-28(26,27)12-15/h1-7,10,15,20H,8-9,11-12H2. The third-order valence-corrected chi connectivity index (χ3v) is 6.21. The molecule has 28 heavy (non-hydrogen) atoms. The normalized spacial score (nSPS) is 17.8. The summed E-state index contributed by atoms with van der Waals surface area (Å²) in [5.41, 5.74) is 0.0919. The molecule has 0 aliphatic carbocycles. The average molecular weight is 407 g/mol. The first kappa shape index (κ1) is 19.7. The summed E-state index contributed by atoms with van der Waals surface area (Å²) in [7, 11) is -3.20. The van der Waals surface area contributed by atoms with Gasteiger partial charge in [-0.25, -0.2) is 8.42 Å². The van der Waals surface area contributed by atoms with Crippen molar-refractivity contribution >= 4 is 32.8 Å². The maximum atomic E-state index is 13.4. The van der Waals surface area contributed by atoms with Gasteiger partial charge in [0.25, 0.3) is 0 Å². The molecule has 3 rings (SSSR count). The number of carbonyl (C=O) groups is 1. The van der Waals surface area contributed by atoms with Gasteiger partial charge in [-0.15, -0.1) is 0 Å². The van der Waals surface area contributed by atoms with Crippen LogP contribution in [-0.2, 0) is 14.6 Å². The van der Waals surface area contributed by atoms with Gasteiger partial charge < -0.3 is 10.2 Å². The van der Waals surface area contributed by atoms with E-state index in [4.69, 9.17) is 0 Å². The molecule has 2 aromatic carbocycles. The van der Waals surface area contributed by atoms with E-state index >= 15 is 0 Å². The van der Waals surface area contributed by atoms with E-state index in [1.807, 2.05) is 0 Å². The molecule has 0 spiro atoms. The van der Waals surface area contributed by atoms with Crippen LogP contribution in [0.4, 0.5) is 21.5 Å². The molecule has 1 saturated heterocycles. The van der Waals surface area contributed by atoms with E-state index in [-0.39, 0.29) is 29.6 Å². The van der Waals surface area contributed by atoms with Crippen LogP contribution in [0.1, 0.15) is 6.42 Å². The summed E-state index contributed by atoms with van der Waals surface area (Å²) in [6.45, 7) is -0.228. The van der Waals surface area contributed by atoms with Gasteiger partial charge in [-0.3, -0.25) is 14.9 Å². The SMILES string of the molecule is O=C(CNc1ccc(F)c([N+](=O)[O-])c1)N(c1ccccc1)C1CCS(=O)(=O)C1. The number of rotatable bonds is 6. The number of nitrogens with one attached hydrogen (secondary N) is 1. The molecule has 2 aromatic rings. The van der Waals surface area contributed by atoms with Gasteiger partial charge in [0.2, 0.25) is 11.7 Å². The van der Waals surface area contributed by atoms with Gasteiger partial charge in [-0.05, 0) is 30.7 Å². The van der Waals surface area contributed by atoms with Crippen LogP contribution in [0.25, 0.3) is 0 Å². The Bertz CT molecular complexity index is 998. The number of carbonyl (C=O) groups excluding carboxylic acids is 1. The number of hydrogen-bond donors (Lipinski definition) is 1. The molecule has 1 aliphatic heterocycles. The Balaban J connectivity index is 1.79. The Morgan fingerprint density at radius 2 is 1.96 bits per heavy atom. The zero-order valence-corrected chi connectivity index (χ0v) is 15.6. The summed E-state index contributed by atoms with van der Waals surface area (Å²) in [5, 5.41) is 13.6. The number of amides is 1. The van der Waals surface area contributed by atoms with Crippen LogP contribution in [0, 0.1) is 15.9 Å². The van der Waals surface area contributed by atoms with Crippen molar-refractivity contribution in [2.24, 2.45) is 0 Å². The maximum Gasteiger partial charge on any atom is 0.306 e. The van der Waals surface area contributed by atoms with Gasteiger partial charge in [0.05, 0.1) is 29.0 Å². The molecule has 8 nitrogen and oxygen atoms in total. The lowest BCUT2D eigenvalue weighted by molar-refractivity contribution is -0.387. The van der Waals surface area contributed by atoms with Crippen LogP contribution in [0.3, 0.4) is 0 Å². The predicted octanol–water partition coefficient (Wildman–Crippen LogP) is 2.37. The lowest BCUT2D eigenvalue weighted by atomic mass is 10.1. The zero-order chi connectivity index (χ0) is 20.3. The fourth-order valence-corrected chi connectivity index (χ4v) is 4.85. The molecule has 0 aromatic heterocycles. The molecule has 1 aliphatic rings. The number of halogens is 1. The van der Waals surface area contributed by atoms with Crippen molar-refractivity contribution in [2.75, 3.05) is 28.3 Å². The van der Waals surface area contributed by atoms with Crippen molar-refractivity contribution in [3.63, 3.8) is 0 Å². The number of nitro groups is 1. The molecule has 0 radical (unpaired) electrons. The third kappa shape index (κ3) is 4.45. The number of hydrogen-bond acceptors (Lipinski definition) is 6. The highest BCUT2D eigenvalue weighted by atomic mass is 32.2. The Labute approximate surface area is 161 Å². The fraction of sp³-hybridized carbons (Fsp3) is 0.278. The van der Waals surface area contributed by atoms with Crippen LogP contribution in [0.5, 0.6) is 0 Å². The van der Waals surface area contributed by atoms with Crippen molar-refractivity contribution in [1.29, 1.82) is 0 Å². The zero-order valence-electron chi connectivity index (χ0n) is 14.7. The Kier molecular flexibility index (Phi) is 5.59. The minimum Gasteiger partial charge on any atom is -0.376 e. The molecular weight excluding hydrogens is 389 g/mol. The van der Waals surface area contributed by atoms with Crippen LogP contribution in [0.2, 0.25) is 0 Å². The van der Waals surface area contributed by atoms with E-state index in [9.17, 15) is 27.7 Å². The number of anilines is 2. The highest BCUT2D eigenvalue weighted by molar-refractivity contribution is 7.91. The van der Waals surface area contributed by atoms with E-state index in [1.54, 1.807) is 30.3 Å². The monoisotopic (exact) mass is 407 g/mol. The van der Waals surface area contributed by atoms with Gasteiger partial charge in [-0.1, -0.05) is 18.2 Å². The minimum atomic E-state index is -3.20. The number of para-hydroxylation sites is 1. The highest BCUT2D eigenvalue weighted by Gasteiger charge is 2.35. The Hall–Kier alpha value is -3.01. The second kappa shape index (κ2) is 7.93. The van der Waals surface area contributed by atoms with Gasteiger partial charge in [0, 0.05) is 17.4 Å². The summed E-state index contributed by atoms with van der Waals surface area (Å²) >= 11 is 0. The Morgan fingerprint density at radius 3 is 2.57 bits per heavy atom. The van der Waals surface area contributed by atoms with E-state index in [2.05, 4.69) is 5.32 Å². The number of sulfone groups is 1. The second-order valence-corrected chi connectivity index (χ2v) is 8.66. The molecule has 1 heterocycles. The van der Waals surface area contributed by atoms with Crippen molar-refractivity contribution in [3.05, 3.63) is 64.5 Å². The maximum absolute atomic E-state index is 13.4. The number of nitro benzene ring substituents is 1. The molecule has 10 heteroatoms. The van der Waals surface area contributed by atoms with E-state index < -0.39 is 32.3 Å². The minimum absolute atomic E-state index is 0.0197. The van der Waals surface area contributed by atoms with E-state index in [0.717, 1.165) is 12.1 Å². The Morgan fingerprint density at radius 1 is 1.25 bits per heavy atom. The van der Waals surface area contributed by atoms with Crippen molar-refractivity contribution in [3.8, 4) is 0 Å². The largest absolute Gasteiger partial charge is 0.376 e. The summed E-state index contributed by atoms with van der Waals surface area (Å²) in [6.07, 6.45) is 0.338. The quantitative estimate of drug-likeness (QED) is 0.582. The summed E-state index contributed by atoms with van der Waals surface area (Å²) in [5.74, 6) is -1.45. The molecule has 1 amide bonds. The lowest BCUT2D eigenvalue weighted by Crippen LogP contribution is -2.44.